The topological polar surface area (TPSA) is 91.7 Å². The Balaban J connectivity index is 1.68. The van der Waals surface area contributed by atoms with E-state index in [1.165, 1.54) is 29.5 Å². The van der Waals surface area contributed by atoms with E-state index in [1.807, 2.05) is 0 Å². The van der Waals surface area contributed by atoms with Crippen molar-refractivity contribution in [3.63, 3.8) is 0 Å². The molecule has 2 heterocycles. The first-order chi connectivity index (χ1) is 13.5. The van der Waals surface area contributed by atoms with E-state index >= 15 is 0 Å². The summed E-state index contributed by atoms with van der Waals surface area (Å²) in [6.07, 6.45) is 0.110. The summed E-state index contributed by atoms with van der Waals surface area (Å²) in [4.78, 5) is 26.5. The Kier molecular flexibility index (Phi) is 6.11. The molecule has 0 saturated carbocycles. The van der Waals surface area contributed by atoms with Crippen molar-refractivity contribution in [1.29, 1.82) is 5.26 Å². The van der Waals surface area contributed by atoms with Crippen molar-refractivity contribution < 1.29 is 23.5 Å². The van der Waals surface area contributed by atoms with Crippen LogP contribution in [0.5, 0.6) is 5.75 Å². The molecule has 2 amide bonds. The number of halogens is 1. The molecule has 3 rings (SSSR count). The number of nitrogens with zero attached hydrogens (tertiary/aromatic N) is 2. The van der Waals surface area contributed by atoms with Crippen molar-refractivity contribution in [3.8, 4) is 11.8 Å². The first-order valence-electron chi connectivity index (χ1n) is 8.67. The van der Waals surface area contributed by atoms with Gasteiger partial charge in [0, 0.05) is 11.4 Å². The van der Waals surface area contributed by atoms with E-state index in [-0.39, 0.29) is 12.4 Å². The number of ether oxygens (including phenoxy) is 2. The summed E-state index contributed by atoms with van der Waals surface area (Å²) < 4.78 is 23.8. The average Bonchev–Trinajstić information content (AvgIpc) is 3.03. The number of amides is 2. The van der Waals surface area contributed by atoms with Crippen LogP contribution in [0.3, 0.4) is 0 Å². The van der Waals surface area contributed by atoms with Crippen molar-refractivity contribution in [2.75, 3.05) is 25.1 Å². The fourth-order valence-electron chi connectivity index (χ4n) is 2.85. The molecule has 0 unspecified atom stereocenters. The number of para-hydroxylation sites is 1. The summed E-state index contributed by atoms with van der Waals surface area (Å²) in [6.45, 7) is 2.42. The van der Waals surface area contributed by atoms with Gasteiger partial charge in [-0.15, -0.1) is 11.3 Å². The second-order valence-electron chi connectivity index (χ2n) is 5.96. The summed E-state index contributed by atoms with van der Waals surface area (Å²) >= 11 is 1.25. The first-order valence-corrected chi connectivity index (χ1v) is 9.48. The molecule has 2 aromatic rings. The van der Waals surface area contributed by atoms with E-state index < -0.39 is 17.8 Å². The molecule has 0 fully saturated rings. The number of carbonyl (C=O) groups is 2. The van der Waals surface area contributed by atoms with Crippen LogP contribution in [0.4, 0.5) is 14.2 Å². The van der Waals surface area contributed by atoms with Gasteiger partial charge >= 0.3 is 6.09 Å². The third kappa shape index (κ3) is 4.23. The van der Waals surface area contributed by atoms with Gasteiger partial charge < -0.3 is 19.7 Å². The maximum atomic E-state index is 13.6. The molecule has 1 N–H and O–H groups in total. The quantitative estimate of drug-likeness (QED) is 0.827. The number of carbonyl (C=O) groups excluding carboxylic acids is 2. The normalized spacial score (nSPS) is 12.7. The van der Waals surface area contributed by atoms with Crippen molar-refractivity contribution in [3.05, 3.63) is 46.1 Å². The van der Waals surface area contributed by atoms with Gasteiger partial charge in [0.1, 0.15) is 11.1 Å². The standard InChI is InChI=1S/C19H18FN3O4S/c1-2-26-19(25)23-8-7-12-13(9-21)18(28-16(12)10-23)22-17(24)11-27-15-6-4-3-5-14(15)20/h3-6H,2,7-8,10-11H2,1H3,(H,22,24). The number of thiophene rings is 1. The minimum atomic E-state index is -0.557. The number of nitrogens with one attached hydrogen (secondary N) is 1. The molecule has 7 nitrogen and oxygen atoms in total. The molecule has 0 saturated heterocycles. The number of nitriles is 1. The molecule has 9 heteroatoms. The highest BCUT2D eigenvalue weighted by Crippen LogP contribution is 2.36. The Labute approximate surface area is 165 Å². The maximum Gasteiger partial charge on any atom is 0.410 e. The lowest BCUT2D eigenvalue weighted by Gasteiger charge is -2.25. The van der Waals surface area contributed by atoms with Gasteiger partial charge in [0.2, 0.25) is 0 Å². The zero-order chi connectivity index (χ0) is 20.1. The predicted octanol–water partition coefficient (Wildman–Crippen LogP) is 3.29. The summed E-state index contributed by atoms with van der Waals surface area (Å²) in [6, 6.07) is 7.92. The molecule has 0 radical (unpaired) electrons. The van der Waals surface area contributed by atoms with Crippen molar-refractivity contribution >= 4 is 28.3 Å². The summed E-state index contributed by atoms with van der Waals surface area (Å²) in [5.74, 6) is -1.08. The minimum absolute atomic E-state index is 0.0197. The molecule has 0 aliphatic carbocycles. The van der Waals surface area contributed by atoms with Gasteiger partial charge in [-0.2, -0.15) is 5.26 Å². The lowest BCUT2D eigenvalue weighted by atomic mass is 10.0. The highest BCUT2D eigenvalue weighted by atomic mass is 32.1. The molecule has 0 bridgehead atoms. The second kappa shape index (κ2) is 8.71. The molecule has 1 aromatic heterocycles. The Morgan fingerprint density at radius 2 is 2.18 bits per heavy atom. The smallest absolute Gasteiger partial charge is 0.410 e. The number of fused-ring (bicyclic) bond motifs is 1. The molecule has 1 aromatic carbocycles. The maximum absolute atomic E-state index is 13.6. The van der Waals surface area contributed by atoms with Crippen LogP contribution in [0.2, 0.25) is 0 Å². The van der Waals surface area contributed by atoms with Crippen LogP contribution in [0.15, 0.2) is 24.3 Å². The summed E-state index contributed by atoms with van der Waals surface area (Å²) in [5.41, 5.74) is 1.22. The third-order valence-corrected chi connectivity index (χ3v) is 5.28. The van der Waals surface area contributed by atoms with E-state index in [9.17, 15) is 19.2 Å². The number of anilines is 1. The fourth-order valence-corrected chi connectivity index (χ4v) is 4.08. The Hall–Kier alpha value is -3.12. The van der Waals surface area contributed by atoms with Gasteiger partial charge in [-0.1, -0.05) is 12.1 Å². The van der Waals surface area contributed by atoms with Crippen molar-refractivity contribution in [2.24, 2.45) is 0 Å². The van der Waals surface area contributed by atoms with E-state index in [0.717, 1.165) is 10.4 Å². The Bertz CT molecular complexity index is 938. The minimum Gasteiger partial charge on any atom is -0.481 e. The SMILES string of the molecule is CCOC(=O)N1CCc2c(sc(NC(=O)COc3ccccc3F)c2C#N)C1. The monoisotopic (exact) mass is 403 g/mol. The first kappa shape index (κ1) is 19.6. The highest BCUT2D eigenvalue weighted by molar-refractivity contribution is 7.16. The molecule has 1 aliphatic heterocycles. The van der Waals surface area contributed by atoms with Crippen molar-refractivity contribution in [2.45, 2.75) is 19.9 Å². The van der Waals surface area contributed by atoms with Gasteiger partial charge in [-0.25, -0.2) is 9.18 Å². The third-order valence-electron chi connectivity index (χ3n) is 4.14. The van der Waals surface area contributed by atoms with E-state index in [4.69, 9.17) is 9.47 Å². The lowest BCUT2D eigenvalue weighted by molar-refractivity contribution is -0.118. The van der Waals surface area contributed by atoms with Crippen LogP contribution >= 0.6 is 11.3 Å². The zero-order valence-electron chi connectivity index (χ0n) is 15.2. The molecule has 0 atom stereocenters. The van der Waals surface area contributed by atoms with Crippen LogP contribution in [0.1, 0.15) is 22.9 Å². The van der Waals surface area contributed by atoms with Gasteiger partial charge in [0.05, 0.1) is 18.7 Å². The molecular weight excluding hydrogens is 385 g/mol. The molecule has 0 spiro atoms. The van der Waals surface area contributed by atoms with Crippen LogP contribution in [-0.2, 0) is 22.5 Å². The molecular formula is C19H18FN3O4S. The number of benzene rings is 1. The number of hydrogen-bond acceptors (Lipinski definition) is 6. The highest BCUT2D eigenvalue weighted by Gasteiger charge is 2.28. The van der Waals surface area contributed by atoms with E-state index in [0.29, 0.717) is 36.7 Å². The van der Waals surface area contributed by atoms with Gasteiger partial charge in [0.25, 0.3) is 5.91 Å². The molecule has 28 heavy (non-hydrogen) atoms. The van der Waals surface area contributed by atoms with E-state index in [1.54, 1.807) is 17.9 Å². The fraction of sp³-hybridized carbons (Fsp3) is 0.316. The summed E-state index contributed by atoms with van der Waals surface area (Å²) in [5, 5.41) is 12.6. The number of rotatable bonds is 5. The molecule has 146 valence electrons. The van der Waals surface area contributed by atoms with Crippen molar-refractivity contribution in [1.82, 2.24) is 4.90 Å². The van der Waals surface area contributed by atoms with Crippen LogP contribution in [0, 0.1) is 17.1 Å². The Morgan fingerprint density at radius 3 is 2.89 bits per heavy atom. The summed E-state index contributed by atoms with van der Waals surface area (Å²) in [7, 11) is 0. The van der Waals surface area contributed by atoms with Gasteiger partial charge in [-0.3, -0.25) is 4.79 Å². The zero-order valence-corrected chi connectivity index (χ0v) is 16.0. The largest absolute Gasteiger partial charge is 0.481 e. The van der Waals surface area contributed by atoms with Crippen LogP contribution < -0.4 is 10.1 Å². The van der Waals surface area contributed by atoms with Crippen LogP contribution in [-0.4, -0.2) is 36.7 Å². The average molecular weight is 403 g/mol. The van der Waals surface area contributed by atoms with Gasteiger partial charge in [-0.05, 0) is 31.0 Å². The predicted molar refractivity (Wildman–Crippen MR) is 101 cm³/mol. The number of hydrogen-bond donors (Lipinski definition) is 1. The van der Waals surface area contributed by atoms with E-state index in [2.05, 4.69) is 11.4 Å². The van der Waals surface area contributed by atoms with Crippen LogP contribution in [0.25, 0.3) is 0 Å². The lowest BCUT2D eigenvalue weighted by Crippen LogP contribution is -2.35. The van der Waals surface area contributed by atoms with Gasteiger partial charge in [0.15, 0.2) is 18.2 Å². The Morgan fingerprint density at radius 1 is 1.39 bits per heavy atom. The molecule has 1 aliphatic rings. The second-order valence-corrected chi connectivity index (χ2v) is 7.06.